The molecule has 2 rings (SSSR count). The van der Waals surface area contributed by atoms with Crippen molar-refractivity contribution < 1.29 is 19.0 Å². The number of benzene rings is 2. The maximum Gasteiger partial charge on any atom is 0.232 e. The van der Waals surface area contributed by atoms with Crippen LogP contribution in [-0.4, -0.2) is 47.6 Å². The molecule has 1 atom stereocenters. The Bertz CT molecular complexity index is 669. The Labute approximate surface area is 151 Å². The predicted octanol–water partition coefficient (Wildman–Crippen LogP) is 3.13. The number of likely N-dealkylation sites (N-methyl/N-ethyl adjacent to an activating group) is 1. The summed E-state index contributed by atoms with van der Waals surface area (Å²) in [5, 5.41) is 10.1. The molecule has 0 aliphatic carbocycles. The van der Waals surface area contributed by atoms with E-state index in [0.29, 0.717) is 12.3 Å². The van der Waals surface area contributed by atoms with Crippen molar-refractivity contribution in [2.24, 2.45) is 0 Å². The van der Waals surface area contributed by atoms with Crippen molar-refractivity contribution in [3.05, 3.63) is 66.0 Å². The fourth-order valence-corrected chi connectivity index (χ4v) is 3.05. The molecule has 2 aromatic rings. The minimum atomic E-state index is -0.589. The van der Waals surface area contributed by atoms with Crippen molar-refractivity contribution >= 4 is 17.7 Å². The molecule has 0 bridgehead atoms. The van der Waals surface area contributed by atoms with Crippen LogP contribution in [0.4, 0.5) is 4.39 Å². The van der Waals surface area contributed by atoms with Gasteiger partial charge in [0.1, 0.15) is 6.61 Å². The first-order valence-corrected chi connectivity index (χ1v) is 9.15. The van der Waals surface area contributed by atoms with E-state index in [4.69, 9.17) is 4.74 Å². The van der Waals surface area contributed by atoms with Crippen LogP contribution in [0.25, 0.3) is 0 Å². The Balaban J connectivity index is 1.65. The van der Waals surface area contributed by atoms with Crippen molar-refractivity contribution in [2.75, 3.05) is 31.7 Å². The van der Waals surface area contributed by atoms with E-state index in [1.165, 1.54) is 17.8 Å². The molecule has 0 spiro atoms. The molecule has 0 heterocycles. The number of ether oxygens (including phenoxy) is 1. The van der Waals surface area contributed by atoms with Crippen LogP contribution in [0.3, 0.4) is 0 Å². The highest BCUT2D eigenvalue weighted by Gasteiger charge is 2.12. The van der Waals surface area contributed by atoms with Crippen molar-refractivity contribution in [3.8, 4) is 5.75 Å². The molecule has 2 aromatic carbocycles. The Hall–Kier alpha value is -2.05. The van der Waals surface area contributed by atoms with E-state index in [-0.39, 0.29) is 24.0 Å². The standard InChI is InChI=1S/C19H22FNO3S/c1-21(11-12-24-18-10-6-5-9-16(18)20)19(23)14-25-13-17(22)15-7-3-2-4-8-15/h2-10,17,22H,11-14H2,1H3. The van der Waals surface area contributed by atoms with E-state index in [1.807, 2.05) is 30.3 Å². The highest BCUT2D eigenvalue weighted by molar-refractivity contribution is 7.99. The molecule has 134 valence electrons. The second-order valence-corrected chi connectivity index (χ2v) is 6.57. The molecule has 0 aliphatic heterocycles. The summed E-state index contributed by atoms with van der Waals surface area (Å²) in [5.41, 5.74) is 0.842. The number of hydrogen-bond donors (Lipinski definition) is 1. The van der Waals surface area contributed by atoms with Crippen molar-refractivity contribution in [3.63, 3.8) is 0 Å². The smallest absolute Gasteiger partial charge is 0.232 e. The normalized spacial score (nSPS) is 11.8. The lowest BCUT2D eigenvalue weighted by Gasteiger charge is -2.18. The zero-order valence-corrected chi connectivity index (χ0v) is 14.9. The first-order valence-electron chi connectivity index (χ1n) is 8.00. The number of hydrogen-bond acceptors (Lipinski definition) is 4. The molecule has 4 nitrogen and oxygen atoms in total. The molecular weight excluding hydrogens is 341 g/mol. The van der Waals surface area contributed by atoms with Gasteiger partial charge in [-0.25, -0.2) is 4.39 Å². The Morgan fingerprint density at radius 2 is 1.88 bits per heavy atom. The molecule has 0 aromatic heterocycles. The van der Waals surface area contributed by atoms with Gasteiger partial charge in [0.2, 0.25) is 5.91 Å². The third kappa shape index (κ3) is 6.40. The van der Waals surface area contributed by atoms with Gasteiger partial charge in [-0.3, -0.25) is 4.79 Å². The van der Waals surface area contributed by atoms with E-state index in [1.54, 1.807) is 30.1 Å². The van der Waals surface area contributed by atoms with Gasteiger partial charge in [0.25, 0.3) is 0 Å². The highest BCUT2D eigenvalue weighted by atomic mass is 32.2. The van der Waals surface area contributed by atoms with Gasteiger partial charge in [0.05, 0.1) is 18.4 Å². The van der Waals surface area contributed by atoms with E-state index < -0.39 is 11.9 Å². The molecule has 0 aliphatic rings. The monoisotopic (exact) mass is 363 g/mol. The minimum Gasteiger partial charge on any atom is -0.489 e. The van der Waals surface area contributed by atoms with E-state index >= 15 is 0 Å². The van der Waals surface area contributed by atoms with E-state index in [0.717, 1.165) is 5.56 Å². The van der Waals surface area contributed by atoms with Gasteiger partial charge in [-0.2, -0.15) is 0 Å². The summed E-state index contributed by atoms with van der Waals surface area (Å²) in [5.74, 6) is 0.447. The maximum absolute atomic E-state index is 13.4. The SMILES string of the molecule is CN(CCOc1ccccc1F)C(=O)CSCC(O)c1ccccc1. The lowest BCUT2D eigenvalue weighted by molar-refractivity contribution is -0.127. The van der Waals surface area contributed by atoms with Crippen LogP contribution < -0.4 is 4.74 Å². The number of para-hydroxylation sites is 1. The summed E-state index contributed by atoms with van der Waals surface area (Å²) in [6.07, 6.45) is -0.589. The Morgan fingerprint density at radius 1 is 1.20 bits per heavy atom. The third-order valence-electron chi connectivity index (χ3n) is 3.63. The second kappa shape index (κ2) is 10.1. The van der Waals surface area contributed by atoms with Gasteiger partial charge >= 0.3 is 0 Å². The molecule has 1 amide bonds. The first kappa shape index (κ1) is 19.3. The number of halogens is 1. The zero-order valence-electron chi connectivity index (χ0n) is 14.1. The van der Waals surface area contributed by atoms with E-state index in [9.17, 15) is 14.3 Å². The fraction of sp³-hybridized carbons (Fsp3) is 0.316. The van der Waals surface area contributed by atoms with Crippen LogP contribution in [0.2, 0.25) is 0 Å². The van der Waals surface area contributed by atoms with Gasteiger partial charge in [-0.1, -0.05) is 42.5 Å². The number of nitrogens with zero attached hydrogens (tertiary/aromatic N) is 1. The number of aliphatic hydroxyl groups is 1. The van der Waals surface area contributed by atoms with Crippen LogP contribution in [0.15, 0.2) is 54.6 Å². The van der Waals surface area contributed by atoms with Crippen molar-refractivity contribution in [2.45, 2.75) is 6.10 Å². The molecule has 0 saturated carbocycles. The lowest BCUT2D eigenvalue weighted by atomic mass is 10.1. The Kier molecular flexibility index (Phi) is 7.76. The number of carbonyl (C=O) groups excluding carboxylic acids is 1. The first-order chi connectivity index (χ1) is 12.1. The van der Waals surface area contributed by atoms with Gasteiger partial charge in [-0.05, 0) is 17.7 Å². The number of rotatable bonds is 9. The molecule has 0 radical (unpaired) electrons. The summed E-state index contributed by atoms with van der Waals surface area (Å²) >= 11 is 1.38. The topological polar surface area (TPSA) is 49.8 Å². The average molecular weight is 363 g/mol. The third-order valence-corrected chi connectivity index (χ3v) is 4.63. The lowest BCUT2D eigenvalue weighted by Crippen LogP contribution is -2.32. The maximum atomic E-state index is 13.4. The summed E-state index contributed by atoms with van der Waals surface area (Å²) in [4.78, 5) is 13.6. The molecule has 6 heteroatoms. The molecule has 25 heavy (non-hydrogen) atoms. The van der Waals surface area contributed by atoms with Crippen LogP contribution >= 0.6 is 11.8 Å². The molecule has 0 fully saturated rings. The number of carbonyl (C=O) groups is 1. The van der Waals surface area contributed by atoms with Crippen molar-refractivity contribution in [1.29, 1.82) is 0 Å². The van der Waals surface area contributed by atoms with Crippen LogP contribution in [-0.2, 0) is 4.79 Å². The van der Waals surface area contributed by atoms with Gasteiger partial charge in [-0.15, -0.1) is 11.8 Å². The van der Waals surface area contributed by atoms with Gasteiger partial charge in [0.15, 0.2) is 11.6 Å². The van der Waals surface area contributed by atoms with Crippen LogP contribution in [0, 0.1) is 5.82 Å². The molecule has 1 unspecified atom stereocenters. The fourth-order valence-electron chi connectivity index (χ4n) is 2.12. The summed E-state index contributed by atoms with van der Waals surface area (Å²) in [6.45, 7) is 0.593. The number of aliphatic hydroxyl groups excluding tert-OH is 1. The summed E-state index contributed by atoms with van der Waals surface area (Å²) < 4.78 is 18.8. The number of amides is 1. The van der Waals surface area contributed by atoms with Crippen LogP contribution in [0.1, 0.15) is 11.7 Å². The Morgan fingerprint density at radius 3 is 2.60 bits per heavy atom. The molecule has 1 N–H and O–H groups in total. The largest absolute Gasteiger partial charge is 0.489 e. The van der Waals surface area contributed by atoms with Gasteiger partial charge in [0, 0.05) is 12.8 Å². The predicted molar refractivity (Wildman–Crippen MR) is 98.3 cm³/mol. The molecule has 0 saturated heterocycles. The minimum absolute atomic E-state index is 0.0533. The zero-order chi connectivity index (χ0) is 18.1. The summed E-state index contributed by atoms with van der Waals surface area (Å²) in [6, 6.07) is 15.5. The second-order valence-electron chi connectivity index (χ2n) is 5.54. The average Bonchev–Trinajstić information content (AvgIpc) is 2.63. The van der Waals surface area contributed by atoms with Gasteiger partial charge < -0.3 is 14.7 Å². The number of thioether (sulfide) groups is 1. The van der Waals surface area contributed by atoms with E-state index in [2.05, 4.69) is 0 Å². The summed E-state index contributed by atoms with van der Waals surface area (Å²) in [7, 11) is 1.68. The highest BCUT2D eigenvalue weighted by Crippen LogP contribution is 2.18. The molecular formula is C19H22FNO3S. The van der Waals surface area contributed by atoms with Crippen LogP contribution in [0.5, 0.6) is 5.75 Å². The van der Waals surface area contributed by atoms with Crippen molar-refractivity contribution in [1.82, 2.24) is 4.90 Å². The quantitative estimate of drug-likeness (QED) is 0.744.